The van der Waals surface area contributed by atoms with E-state index in [1.165, 1.54) is 6.07 Å². The molecule has 5 rings (SSSR count). The molecule has 0 atom stereocenters. The minimum absolute atomic E-state index is 0.105. The predicted octanol–water partition coefficient (Wildman–Crippen LogP) is 3.99. The van der Waals surface area contributed by atoms with Crippen molar-refractivity contribution in [2.24, 2.45) is 0 Å². The minimum Gasteiger partial charge on any atom is -0.508 e. The van der Waals surface area contributed by atoms with Crippen molar-refractivity contribution in [3.8, 4) is 17.0 Å². The summed E-state index contributed by atoms with van der Waals surface area (Å²) >= 11 is 0. The maximum Gasteiger partial charge on any atom is 0.254 e. The van der Waals surface area contributed by atoms with Crippen LogP contribution in [0.25, 0.3) is 34.4 Å². The molecule has 0 radical (unpaired) electrons. The van der Waals surface area contributed by atoms with Crippen molar-refractivity contribution in [3.05, 3.63) is 76.7 Å². The van der Waals surface area contributed by atoms with Crippen molar-refractivity contribution in [3.63, 3.8) is 0 Å². The van der Waals surface area contributed by atoms with Gasteiger partial charge in [0.15, 0.2) is 5.65 Å². The van der Waals surface area contributed by atoms with Crippen LogP contribution >= 0.6 is 0 Å². The standard InChI is InChI=1S/C26H24FN5O2/c1-16-2-3-17(21(27)14-16)6-9-22-24-20(26(34)32-12-10-28-11-13-32)15-23(29-25(24)31-30-22)18-4-7-19(33)8-5-18/h2-9,14-15,28,33H,10-13H2,1H3,(H,29,30,31)/b9-6+. The molecule has 1 amide bonds. The number of aromatic hydroxyl groups is 1. The zero-order valence-corrected chi connectivity index (χ0v) is 18.7. The third-order valence-electron chi connectivity index (χ3n) is 5.93. The molecule has 3 N–H and O–H groups in total. The van der Waals surface area contributed by atoms with E-state index < -0.39 is 0 Å². The Hall–Kier alpha value is -4.04. The number of aromatic nitrogens is 3. The van der Waals surface area contributed by atoms with Gasteiger partial charge in [-0.15, -0.1) is 0 Å². The fraction of sp³-hybridized carbons (Fsp3) is 0.192. The lowest BCUT2D eigenvalue weighted by molar-refractivity contribution is 0.0737. The van der Waals surface area contributed by atoms with Crippen LogP contribution in [0.4, 0.5) is 4.39 Å². The van der Waals surface area contributed by atoms with Crippen molar-refractivity contribution in [2.75, 3.05) is 26.2 Å². The molecule has 4 aromatic rings. The Kier molecular flexibility index (Phi) is 5.81. The van der Waals surface area contributed by atoms with Crippen LogP contribution < -0.4 is 5.32 Å². The number of carbonyl (C=O) groups excluding carboxylic acids is 1. The van der Waals surface area contributed by atoms with Crippen LogP contribution in [-0.2, 0) is 0 Å². The summed E-state index contributed by atoms with van der Waals surface area (Å²) in [6, 6.07) is 13.5. The number of nitrogens with zero attached hydrogens (tertiary/aromatic N) is 3. The summed E-state index contributed by atoms with van der Waals surface area (Å²) in [6.45, 7) is 4.51. The normalized spacial score (nSPS) is 14.2. The van der Waals surface area contributed by atoms with E-state index in [1.54, 1.807) is 48.6 Å². The van der Waals surface area contributed by atoms with Crippen LogP contribution in [0, 0.1) is 12.7 Å². The number of aryl methyl sites for hydroxylation is 1. The summed E-state index contributed by atoms with van der Waals surface area (Å²) in [4.78, 5) is 20.1. The lowest BCUT2D eigenvalue weighted by Crippen LogP contribution is -2.46. The maximum absolute atomic E-state index is 14.3. The SMILES string of the molecule is Cc1ccc(/C=C/c2n[nH]c3nc(-c4ccc(O)cc4)cc(C(=O)N4CCNCC4)c23)c(F)c1. The molecular formula is C26H24FN5O2. The number of amides is 1. The molecular weight excluding hydrogens is 433 g/mol. The summed E-state index contributed by atoms with van der Waals surface area (Å²) in [5, 5.41) is 20.8. The Morgan fingerprint density at radius 3 is 2.59 bits per heavy atom. The predicted molar refractivity (Wildman–Crippen MR) is 130 cm³/mol. The highest BCUT2D eigenvalue weighted by Crippen LogP contribution is 2.29. The number of nitrogens with one attached hydrogen (secondary N) is 2. The lowest BCUT2D eigenvalue weighted by Gasteiger charge is -2.27. The molecule has 2 aromatic carbocycles. The Labute approximate surface area is 195 Å². The van der Waals surface area contributed by atoms with Gasteiger partial charge in [-0.05, 0) is 61.0 Å². The molecule has 0 saturated carbocycles. The van der Waals surface area contributed by atoms with Crippen molar-refractivity contribution in [1.82, 2.24) is 25.4 Å². The minimum atomic E-state index is -0.319. The van der Waals surface area contributed by atoms with Crippen LogP contribution in [0.1, 0.15) is 27.2 Å². The highest BCUT2D eigenvalue weighted by atomic mass is 19.1. The molecule has 7 nitrogen and oxygen atoms in total. The summed E-state index contributed by atoms with van der Waals surface area (Å²) in [5.74, 6) is -0.272. The van der Waals surface area contributed by atoms with Gasteiger partial charge in [0.25, 0.3) is 5.91 Å². The number of hydrogen-bond donors (Lipinski definition) is 3. The topological polar surface area (TPSA) is 94.1 Å². The number of pyridine rings is 1. The van der Waals surface area contributed by atoms with E-state index in [0.717, 1.165) is 24.2 Å². The third-order valence-corrected chi connectivity index (χ3v) is 5.93. The molecule has 0 aliphatic carbocycles. The third kappa shape index (κ3) is 4.27. The average Bonchev–Trinajstić information content (AvgIpc) is 3.26. The summed E-state index contributed by atoms with van der Waals surface area (Å²) < 4.78 is 14.3. The number of halogens is 1. The molecule has 3 heterocycles. The van der Waals surface area contributed by atoms with Gasteiger partial charge >= 0.3 is 0 Å². The van der Waals surface area contributed by atoms with Gasteiger partial charge in [0.2, 0.25) is 0 Å². The second kappa shape index (κ2) is 9.07. The number of phenolic OH excluding ortho intramolecular Hbond substituents is 1. The number of hydrogen-bond acceptors (Lipinski definition) is 5. The van der Waals surface area contributed by atoms with Gasteiger partial charge in [-0.3, -0.25) is 9.89 Å². The first-order chi connectivity index (χ1) is 16.5. The van der Waals surface area contributed by atoms with Crippen LogP contribution in [-0.4, -0.2) is 57.3 Å². The Morgan fingerprint density at radius 2 is 1.85 bits per heavy atom. The Morgan fingerprint density at radius 1 is 1.09 bits per heavy atom. The smallest absolute Gasteiger partial charge is 0.254 e. The fourth-order valence-corrected chi connectivity index (χ4v) is 4.10. The molecule has 172 valence electrons. The van der Waals surface area contributed by atoms with Gasteiger partial charge in [0.05, 0.1) is 22.3 Å². The van der Waals surface area contributed by atoms with Gasteiger partial charge in [-0.2, -0.15) is 5.10 Å². The Bertz CT molecular complexity index is 1390. The van der Waals surface area contributed by atoms with Crippen molar-refractivity contribution < 1.29 is 14.3 Å². The van der Waals surface area contributed by atoms with Crippen molar-refractivity contribution in [2.45, 2.75) is 6.92 Å². The number of H-pyrrole nitrogens is 1. The van der Waals surface area contributed by atoms with Gasteiger partial charge in [-0.1, -0.05) is 12.1 Å². The largest absolute Gasteiger partial charge is 0.508 e. The molecule has 8 heteroatoms. The number of aromatic amines is 1. The lowest BCUT2D eigenvalue weighted by atomic mass is 10.0. The van der Waals surface area contributed by atoms with Crippen LogP contribution in [0.15, 0.2) is 48.5 Å². The van der Waals surface area contributed by atoms with E-state index in [-0.39, 0.29) is 17.5 Å². The number of carbonyl (C=O) groups is 1. The summed E-state index contributed by atoms with van der Waals surface area (Å²) in [7, 11) is 0. The molecule has 1 fully saturated rings. The molecule has 1 aliphatic rings. The van der Waals surface area contributed by atoms with Gasteiger partial charge in [0.1, 0.15) is 11.6 Å². The van der Waals surface area contributed by atoms with Gasteiger partial charge < -0.3 is 15.3 Å². The molecule has 34 heavy (non-hydrogen) atoms. The number of piperazine rings is 1. The van der Waals surface area contributed by atoms with Crippen LogP contribution in [0.5, 0.6) is 5.75 Å². The second-order valence-electron chi connectivity index (χ2n) is 8.33. The fourth-order valence-electron chi connectivity index (χ4n) is 4.10. The molecule has 1 saturated heterocycles. The van der Waals surface area contributed by atoms with Crippen LogP contribution in [0.3, 0.4) is 0 Å². The molecule has 2 aromatic heterocycles. The second-order valence-corrected chi connectivity index (χ2v) is 8.33. The first kappa shape index (κ1) is 21.8. The Balaban J connectivity index is 1.62. The molecule has 0 bridgehead atoms. The van der Waals surface area contributed by atoms with E-state index in [9.17, 15) is 14.3 Å². The van der Waals surface area contributed by atoms with E-state index >= 15 is 0 Å². The zero-order chi connectivity index (χ0) is 23.7. The monoisotopic (exact) mass is 457 g/mol. The number of rotatable bonds is 4. The number of phenols is 1. The van der Waals surface area contributed by atoms with Crippen molar-refractivity contribution >= 4 is 29.1 Å². The van der Waals surface area contributed by atoms with E-state index in [0.29, 0.717) is 46.6 Å². The average molecular weight is 458 g/mol. The first-order valence-electron chi connectivity index (χ1n) is 11.1. The highest BCUT2D eigenvalue weighted by molar-refractivity contribution is 6.09. The van der Waals surface area contributed by atoms with E-state index in [4.69, 9.17) is 0 Å². The van der Waals surface area contributed by atoms with Gasteiger partial charge in [-0.25, -0.2) is 9.37 Å². The highest BCUT2D eigenvalue weighted by Gasteiger charge is 2.24. The summed E-state index contributed by atoms with van der Waals surface area (Å²) in [6.07, 6.45) is 3.35. The number of benzene rings is 2. The number of fused-ring (bicyclic) bond motifs is 1. The van der Waals surface area contributed by atoms with E-state index in [1.807, 2.05) is 17.9 Å². The van der Waals surface area contributed by atoms with Crippen molar-refractivity contribution in [1.29, 1.82) is 0 Å². The van der Waals surface area contributed by atoms with Gasteiger partial charge in [0, 0.05) is 37.3 Å². The molecule has 1 aliphatic heterocycles. The summed E-state index contributed by atoms with van der Waals surface area (Å²) in [5.41, 5.74) is 4.09. The zero-order valence-electron chi connectivity index (χ0n) is 18.7. The quantitative estimate of drug-likeness (QED) is 0.431. The molecule has 0 spiro atoms. The van der Waals surface area contributed by atoms with E-state index in [2.05, 4.69) is 20.5 Å². The molecule has 0 unspecified atom stereocenters. The first-order valence-corrected chi connectivity index (χ1v) is 11.1. The maximum atomic E-state index is 14.3. The van der Waals surface area contributed by atoms with Crippen LogP contribution in [0.2, 0.25) is 0 Å².